The standard InChI is InChI=1S/C18H23N3O4S/c1-11(26-17-21-20-16(25-17)18(2,3)4)14(22)19-10-12-6-8-13(9-7-12)15(23)24-5/h6-9,11H,10H2,1-5H3,(H,19,22). The summed E-state index contributed by atoms with van der Waals surface area (Å²) in [6, 6.07) is 6.88. The molecule has 0 aliphatic carbocycles. The minimum absolute atomic E-state index is 0.137. The van der Waals surface area contributed by atoms with E-state index in [1.54, 1.807) is 31.2 Å². The van der Waals surface area contributed by atoms with Crippen LogP contribution in [0.3, 0.4) is 0 Å². The fourth-order valence-corrected chi connectivity index (χ4v) is 2.68. The SMILES string of the molecule is COC(=O)c1ccc(CNC(=O)C(C)Sc2nnc(C(C)(C)C)o2)cc1. The van der Waals surface area contributed by atoms with Gasteiger partial charge in [0.25, 0.3) is 5.22 Å². The zero-order valence-corrected chi connectivity index (χ0v) is 16.3. The topological polar surface area (TPSA) is 94.3 Å². The predicted molar refractivity (Wildman–Crippen MR) is 97.9 cm³/mol. The number of aromatic nitrogens is 2. The Hall–Kier alpha value is -2.35. The molecule has 26 heavy (non-hydrogen) atoms. The first-order valence-electron chi connectivity index (χ1n) is 8.16. The lowest BCUT2D eigenvalue weighted by atomic mass is 9.97. The van der Waals surface area contributed by atoms with Crippen molar-refractivity contribution in [2.45, 2.75) is 50.1 Å². The summed E-state index contributed by atoms with van der Waals surface area (Å²) in [6.07, 6.45) is 0. The normalized spacial score (nSPS) is 12.5. The fraction of sp³-hybridized carbons (Fsp3) is 0.444. The molecule has 0 bridgehead atoms. The van der Waals surface area contributed by atoms with Crippen LogP contribution in [0.4, 0.5) is 0 Å². The van der Waals surface area contributed by atoms with Gasteiger partial charge in [-0.15, -0.1) is 10.2 Å². The first-order valence-corrected chi connectivity index (χ1v) is 9.04. The van der Waals surface area contributed by atoms with E-state index in [9.17, 15) is 9.59 Å². The summed E-state index contributed by atoms with van der Waals surface area (Å²) in [7, 11) is 1.34. The molecule has 1 atom stereocenters. The Morgan fingerprint density at radius 3 is 2.42 bits per heavy atom. The molecule has 0 saturated carbocycles. The molecule has 1 aromatic heterocycles. The van der Waals surface area contributed by atoms with Gasteiger partial charge in [-0.05, 0) is 24.6 Å². The molecule has 1 aromatic carbocycles. The maximum Gasteiger partial charge on any atom is 0.337 e. The summed E-state index contributed by atoms with van der Waals surface area (Å²) in [4.78, 5) is 23.7. The third-order valence-electron chi connectivity index (χ3n) is 3.54. The molecule has 0 saturated heterocycles. The van der Waals surface area contributed by atoms with Gasteiger partial charge in [0.05, 0.1) is 17.9 Å². The van der Waals surface area contributed by atoms with Crippen LogP contribution < -0.4 is 5.32 Å². The number of methoxy groups -OCH3 is 1. The number of nitrogens with one attached hydrogen (secondary N) is 1. The van der Waals surface area contributed by atoms with Crippen molar-refractivity contribution < 1.29 is 18.7 Å². The van der Waals surface area contributed by atoms with Crippen molar-refractivity contribution in [1.29, 1.82) is 0 Å². The van der Waals surface area contributed by atoms with Crippen LogP contribution >= 0.6 is 11.8 Å². The van der Waals surface area contributed by atoms with Gasteiger partial charge >= 0.3 is 5.97 Å². The molecular weight excluding hydrogens is 354 g/mol. The molecule has 2 rings (SSSR count). The molecule has 0 fully saturated rings. The number of nitrogens with zero attached hydrogens (tertiary/aromatic N) is 2. The zero-order valence-electron chi connectivity index (χ0n) is 15.5. The molecule has 140 valence electrons. The quantitative estimate of drug-likeness (QED) is 0.611. The van der Waals surface area contributed by atoms with E-state index in [2.05, 4.69) is 20.3 Å². The Labute approximate surface area is 156 Å². The molecule has 1 heterocycles. The average molecular weight is 377 g/mol. The van der Waals surface area contributed by atoms with Crippen LogP contribution in [0.2, 0.25) is 0 Å². The number of carbonyl (C=O) groups is 2. The lowest BCUT2D eigenvalue weighted by molar-refractivity contribution is -0.120. The van der Waals surface area contributed by atoms with E-state index >= 15 is 0 Å². The summed E-state index contributed by atoms with van der Waals surface area (Å²) in [5, 5.41) is 10.8. The Morgan fingerprint density at radius 1 is 1.23 bits per heavy atom. The number of thioether (sulfide) groups is 1. The number of esters is 1. The summed E-state index contributed by atoms with van der Waals surface area (Å²) in [6.45, 7) is 8.09. The molecule has 0 aliphatic heterocycles. The first kappa shape index (κ1) is 20.0. The third kappa shape index (κ3) is 5.32. The van der Waals surface area contributed by atoms with Crippen LogP contribution in [0.15, 0.2) is 33.9 Å². The maximum atomic E-state index is 12.2. The maximum absolute atomic E-state index is 12.2. The molecule has 8 heteroatoms. The molecule has 2 aromatic rings. The van der Waals surface area contributed by atoms with Crippen molar-refractivity contribution in [2.24, 2.45) is 0 Å². The highest BCUT2D eigenvalue weighted by Gasteiger charge is 2.23. The monoisotopic (exact) mass is 377 g/mol. The second-order valence-electron chi connectivity index (χ2n) is 6.79. The molecule has 7 nitrogen and oxygen atoms in total. The van der Waals surface area contributed by atoms with E-state index < -0.39 is 0 Å². The number of amides is 1. The van der Waals surface area contributed by atoms with Crippen molar-refractivity contribution >= 4 is 23.6 Å². The highest BCUT2D eigenvalue weighted by molar-refractivity contribution is 8.00. The average Bonchev–Trinajstić information content (AvgIpc) is 3.08. The number of benzene rings is 1. The van der Waals surface area contributed by atoms with Crippen molar-refractivity contribution in [3.63, 3.8) is 0 Å². The predicted octanol–water partition coefficient (Wildman–Crippen LogP) is 2.95. The summed E-state index contributed by atoms with van der Waals surface area (Å²) < 4.78 is 10.2. The number of hydrogen-bond acceptors (Lipinski definition) is 7. The van der Waals surface area contributed by atoms with Crippen molar-refractivity contribution in [1.82, 2.24) is 15.5 Å². The van der Waals surface area contributed by atoms with Crippen LogP contribution in [0.25, 0.3) is 0 Å². The number of hydrogen-bond donors (Lipinski definition) is 1. The van der Waals surface area contributed by atoms with Gasteiger partial charge in [-0.25, -0.2) is 4.79 Å². The van der Waals surface area contributed by atoms with E-state index in [0.717, 1.165) is 5.56 Å². The first-order chi connectivity index (χ1) is 12.2. The minimum Gasteiger partial charge on any atom is -0.465 e. The van der Waals surface area contributed by atoms with Crippen LogP contribution in [0, 0.1) is 0 Å². The van der Waals surface area contributed by atoms with Gasteiger partial charge < -0.3 is 14.5 Å². The lowest BCUT2D eigenvalue weighted by Gasteiger charge is -2.12. The Bertz CT molecular complexity index is 765. The van der Waals surface area contributed by atoms with Crippen LogP contribution in [-0.2, 0) is 21.5 Å². The second-order valence-corrected chi connectivity index (χ2v) is 8.08. The second kappa shape index (κ2) is 8.35. The van der Waals surface area contributed by atoms with E-state index in [1.807, 2.05) is 20.8 Å². The van der Waals surface area contributed by atoms with Gasteiger partial charge in [0.1, 0.15) is 0 Å². The molecule has 0 spiro atoms. The Morgan fingerprint density at radius 2 is 1.88 bits per heavy atom. The van der Waals surface area contributed by atoms with Gasteiger partial charge in [0.2, 0.25) is 11.8 Å². The summed E-state index contributed by atoms with van der Waals surface area (Å²) in [5.41, 5.74) is 1.13. The van der Waals surface area contributed by atoms with Gasteiger partial charge in [-0.1, -0.05) is 44.7 Å². The lowest BCUT2D eigenvalue weighted by Crippen LogP contribution is -2.30. The zero-order chi connectivity index (χ0) is 19.3. The van der Waals surface area contributed by atoms with E-state index in [1.165, 1.54) is 18.9 Å². The fourth-order valence-electron chi connectivity index (χ4n) is 1.97. The molecule has 1 amide bonds. The molecule has 1 N–H and O–H groups in total. The van der Waals surface area contributed by atoms with Gasteiger partial charge in [0.15, 0.2) is 0 Å². The number of ether oxygens (including phenoxy) is 1. The third-order valence-corrected chi connectivity index (χ3v) is 4.47. The van der Waals surface area contributed by atoms with Crippen molar-refractivity contribution in [3.05, 3.63) is 41.3 Å². The van der Waals surface area contributed by atoms with Crippen molar-refractivity contribution in [3.8, 4) is 0 Å². The Balaban J connectivity index is 1.87. The highest BCUT2D eigenvalue weighted by Crippen LogP contribution is 2.27. The van der Waals surface area contributed by atoms with Gasteiger partial charge in [-0.2, -0.15) is 0 Å². The molecular formula is C18H23N3O4S. The smallest absolute Gasteiger partial charge is 0.337 e. The van der Waals surface area contributed by atoms with Crippen LogP contribution in [-0.4, -0.2) is 34.4 Å². The molecule has 0 radical (unpaired) electrons. The minimum atomic E-state index is -0.389. The van der Waals surface area contributed by atoms with Gasteiger partial charge in [0, 0.05) is 12.0 Å². The van der Waals surface area contributed by atoms with E-state index in [0.29, 0.717) is 23.2 Å². The molecule has 0 aliphatic rings. The van der Waals surface area contributed by atoms with E-state index in [-0.39, 0.29) is 22.5 Å². The van der Waals surface area contributed by atoms with Crippen LogP contribution in [0.1, 0.15) is 49.5 Å². The van der Waals surface area contributed by atoms with Gasteiger partial charge in [-0.3, -0.25) is 4.79 Å². The van der Waals surface area contributed by atoms with Crippen molar-refractivity contribution in [2.75, 3.05) is 7.11 Å². The molecule has 1 unspecified atom stereocenters. The number of rotatable bonds is 6. The summed E-state index contributed by atoms with van der Waals surface area (Å²) >= 11 is 1.22. The Kier molecular flexibility index (Phi) is 6.42. The summed E-state index contributed by atoms with van der Waals surface area (Å²) in [5.74, 6) is 0.0145. The highest BCUT2D eigenvalue weighted by atomic mass is 32.2. The van der Waals surface area contributed by atoms with Crippen LogP contribution in [0.5, 0.6) is 0 Å². The number of carbonyl (C=O) groups excluding carboxylic acids is 2. The largest absolute Gasteiger partial charge is 0.465 e. The van der Waals surface area contributed by atoms with E-state index in [4.69, 9.17) is 4.42 Å².